The largest absolute Gasteiger partial charge is 0.486 e. The highest BCUT2D eigenvalue weighted by Crippen LogP contribution is 2.29. The van der Waals surface area contributed by atoms with Crippen molar-refractivity contribution in [3.63, 3.8) is 0 Å². The van der Waals surface area contributed by atoms with Gasteiger partial charge in [0.15, 0.2) is 0 Å². The van der Waals surface area contributed by atoms with Crippen molar-refractivity contribution in [1.29, 1.82) is 0 Å². The maximum Gasteiger partial charge on any atom is 0.255 e. The van der Waals surface area contributed by atoms with Crippen molar-refractivity contribution in [2.24, 2.45) is 0 Å². The van der Waals surface area contributed by atoms with Crippen LogP contribution in [0.15, 0.2) is 29.2 Å². The van der Waals surface area contributed by atoms with E-state index in [4.69, 9.17) is 16.3 Å². The highest BCUT2D eigenvalue weighted by Gasteiger charge is 2.19. The molecule has 0 saturated carbocycles. The predicted octanol–water partition coefficient (Wildman–Crippen LogP) is 1.53. The summed E-state index contributed by atoms with van der Waals surface area (Å²) in [5, 5.41) is 5.01. The zero-order valence-corrected chi connectivity index (χ0v) is 9.75. The Bertz CT molecular complexity index is 619. The first-order valence-electron chi connectivity index (χ1n) is 5.42. The molecule has 3 rings (SSSR count). The predicted molar refractivity (Wildman–Crippen MR) is 66.9 cm³/mol. The molecule has 1 aliphatic heterocycles. The van der Waals surface area contributed by atoms with Crippen LogP contribution in [0.3, 0.4) is 0 Å². The standard InChI is InChI=1S/C12H11ClN2O2/c13-10-4-9-7(1-2-15-12(9)16)3-11(10)17-8-5-14-6-8/h1-4,8,14H,5-6H2,(H,15,16). The number of aromatic amines is 1. The second-order valence-electron chi connectivity index (χ2n) is 4.07. The topological polar surface area (TPSA) is 54.1 Å². The molecule has 0 bridgehead atoms. The fourth-order valence-electron chi connectivity index (χ4n) is 1.80. The summed E-state index contributed by atoms with van der Waals surface area (Å²) in [6, 6.07) is 5.29. The molecular formula is C12H11ClN2O2. The van der Waals surface area contributed by atoms with Gasteiger partial charge in [-0.15, -0.1) is 0 Å². The van der Waals surface area contributed by atoms with Crippen LogP contribution in [0.5, 0.6) is 5.75 Å². The number of fused-ring (bicyclic) bond motifs is 1. The molecule has 0 atom stereocenters. The van der Waals surface area contributed by atoms with Crippen molar-refractivity contribution in [1.82, 2.24) is 10.3 Å². The van der Waals surface area contributed by atoms with Gasteiger partial charge in [0.2, 0.25) is 0 Å². The lowest BCUT2D eigenvalue weighted by molar-refractivity contribution is 0.142. The Labute approximate surface area is 103 Å². The maximum absolute atomic E-state index is 11.6. The Morgan fingerprint density at radius 3 is 2.88 bits per heavy atom. The molecule has 1 aromatic carbocycles. The minimum atomic E-state index is -0.138. The van der Waals surface area contributed by atoms with Gasteiger partial charge in [-0.2, -0.15) is 0 Å². The number of rotatable bonds is 2. The molecule has 0 unspecified atom stereocenters. The van der Waals surface area contributed by atoms with Crippen LogP contribution in [-0.4, -0.2) is 24.2 Å². The number of nitrogens with one attached hydrogen (secondary N) is 2. The molecule has 1 fully saturated rings. The highest BCUT2D eigenvalue weighted by molar-refractivity contribution is 6.32. The van der Waals surface area contributed by atoms with Crippen molar-refractivity contribution in [2.45, 2.75) is 6.10 Å². The fourth-order valence-corrected chi connectivity index (χ4v) is 2.01. The van der Waals surface area contributed by atoms with Crippen molar-refractivity contribution >= 4 is 22.4 Å². The Morgan fingerprint density at radius 1 is 1.35 bits per heavy atom. The third-order valence-corrected chi connectivity index (χ3v) is 3.16. The number of hydrogen-bond acceptors (Lipinski definition) is 3. The average molecular weight is 251 g/mol. The Morgan fingerprint density at radius 2 is 2.18 bits per heavy atom. The first-order valence-corrected chi connectivity index (χ1v) is 5.80. The van der Waals surface area contributed by atoms with E-state index < -0.39 is 0 Å². The normalized spacial score (nSPS) is 15.8. The molecule has 0 spiro atoms. The molecule has 1 saturated heterocycles. The number of benzene rings is 1. The first kappa shape index (κ1) is 10.6. The molecule has 5 heteroatoms. The van der Waals surface area contributed by atoms with Gasteiger partial charge in [0, 0.05) is 24.7 Å². The van der Waals surface area contributed by atoms with Gasteiger partial charge >= 0.3 is 0 Å². The van der Waals surface area contributed by atoms with Crippen LogP contribution in [0.1, 0.15) is 0 Å². The van der Waals surface area contributed by atoms with Crippen LogP contribution >= 0.6 is 11.6 Å². The molecule has 2 N–H and O–H groups in total. The Hall–Kier alpha value is -1.52. The molecular weight excluding hydrogens is 240 g/mol. The molecule has 1 aromatic heterocycles. The summed E-state index contributed by atoms with van der Waals surface area (Å²) in [5.74, 6) is 0.635. The van der Waals surface area contributed by atoms with Crippen molar-refractivity contribution < 1.29 is 4.74 Å². The third-order valence-electron chi connectivity index (χ3n) is 2.86. The molecule has 1 aliphatic rings. The van der Waals surface area contributed by atoms with Crippen LogP contribution in [-0.2, 0) is 0 Å². The Kier molecular flexibility index (Phi) is 2.53. The number of hydrogen-bond donors (Lipinski definition) is 2. The highest BCUT2D eigenvalue weighted by atomic mass is 35.5. The van der Waals surface area contributed by atoms with Crippen molar-refractivity contribution in [3.8, 4) is 5.75 Å². The van der Waals surface area contributed by atoms with E-state index in [2.05, 4.69) is 10.3 Å². The molecule has 2 aromatic rings. The van der Waals surface area contributed by atoms with Crippen molar-refractivity contribution in [3.05, 3.63) is 39.8 Å². The van der Waals surface area contributed by atoms with E-state index in [0.717, 1.165) is 18.5 Å². The monoisotopic (exact) mass is 250 g/mol. The average Bonchev–Trinajstić information content (AvgIpc) is 2.25. The number of H-pyrrole nitrogens is 1. The summed E-state index contributed by atoms with van der Waals surface area (Å²) in [5.41, 5.74) is -0.138. The zero-order valence-electron chi connectivity index (χ0n) is 9.00. The van der Waals surface area contributed by atoms with E-state index in [0.29, 0.717) is 16.2 Å². The minimum absolute atomic E-state index is 0.138. The first-order chi connectivity index (χ1) is 8.24. The van der Waals surface area contributed by atoms with Gasteiger partial charge in [-0.3, -0.25) is 4.79 Å². The maximum atomic E-state index is 11.6. The summed E-state index contributed by atoms with van der Waals surface area (Å²) in [6.45, 7) is 1.67. The zero-order chi connectivity index (χ0) is 11.8. The molecule has 88 valence electrons. The number of halogens is 1. The van der Waals surface area contributed by atoms with Crippen molar-refractivity contribution in [2.75, 3.05) is 13.1 Å². The lowest BCUT2D eigenvalue weighted by Crippen LogP contribution is -2.50. The Balaban J connectivity index is 2.07. The summed E-state index contributed by atoms with van der Waals surface area (Å²) in [6.07, 6.45) is 1.79. The molecule has 0 aliphatic carbocycles. The van der Waals surface area contributed by atoms with Gasteiger partial charge in [0.1, 0.15) is 11.9 Å². The van der Waals surface area contributed by atoms with E-state index >= 15 is 0 Å². The number of aromatic nitrogens is 1. The van der Waals surface area contributed by atoms with Crippen LogP contribution in [0.25, 0.3) is 10.8 Å². The van der Waals surface area contributed by atoms with E-state index in [9.17, 15) is 4.79 Å². The SMILES string of the molecule is O=c1[nH]ccc2cc(OC3CNC3)c(Cl)cc12. The number of ether oxygens (including phenoxy) is 1. The van der Waals surface area contributed by atoms with E-state index in [1.54, 1.807) is 12.3 Å². The van der Waals surface area contributed by atoms with Gasteiger partial charge in [-0.1, -0.05) is 11.6 Å². The molecule has 17 heavy (non-hydrogen) atoms. The third kappa shape index (κ3) is 1.90. The second kappa shape index (κ2) is 4.05. The van der Waals surface area contributed by atoms with Gasteiger partial charge in [-0.05, 0) is 23.6 Å². The fraction of sp³-hybridized carbons (Fsp3) is 0.250. The van der Waals surface area contributed by atoms with E-state index in [1.165, 1.54) is 0 Å². The van der Waals surface area contributed by atoms with Gasteiger partial charge < -0.3 is 15.0 Å². The minimum Gasteiger partial charge on any atom is -0.486 e. The molecule has 0 radical (unpaired) electrons. The van der Waals surface area contributed by atoms with Gasteiger partial charge in [0.05, 0.1) is 5.02 Å². The van der Waals surface area contributed by atoms with E-state index in [-0.39, 0.29) is 11.7 Å². The van der Waals surface area contributed by atoms with E-state index in [1.807, 2.05) is 12.1 Å². The smallest absolute Gasteiger partial charge is 0.255 e. The van der Waals surface area contributed by atoms with Crippen LogP contribution in [0.2, 0.25) is 5.02 Å². The summed E-state index contributed by atoms with van der Waals surface area (Å²) >= 11 is 6.10. The summed E-state index contributed by atoms with van der Waals surface area (Å²) in [4.78, 5) is 14.2. The molecule has 4 nitrogen and oxygen atoms in total. The van der Waals surface area contributed by atoms with Crippen LogP contribution in [0.4, 0.5) is 0 Å². The van der Waals surface area contributed by atoms with Gasteiger partial charge in [0.25, 0.3) is 5.56 Å². The second-order valence-corrected chi connectivity index (χ2v) is 4.48. The summed E-state index contributed by atoms with van der Waals surface area (Å²) in [7, 11) is 0. The van der Waals surface area contributed by atoms with Gasteiger partial charge in [-0.25, -0.2) is 0 Å². The lowest BCUT2D eigenvalue weighted by Gasteiger charge is -2.28. The molecule has 2 heterocycles. The lowest BCUT2D eigenvalue weighted by atomic mass is 10.1. The summed E-state index contributed by atoms with van der Waals surface area (Å²) < 4.78 is 5.72. The molecule has 0 amide bonds. The number of pyridine rings is 1. The quantitative estimate of drug-likeness (QED) is 0.850. The van der Waals surface area contributed by atoms with Crippen LogP contribution < -0.4 is 15.6 Å². The van der Waals surface area contributed by atoms with Crippen LogP contribution in [0, 0.1) is 0 Å².